The summed E-state index contributed by atoms with van der Waals surface area (Å²) in [6.07, 6.45) is 3.55. The molecule has 0 spiro atoms. The highest BCUT2D eigenvalue weighted by molar-refractivity contribution is 6.04. The summed E-state index contributed by atoms with van der Waals surface area (Å²) in [6.45, 7) is 2.37. The Hall–Kier alpha value is -4.19. The van der Waals surface area contributed by atoms with Crippen molar-refractivity contribution in [3.05, 3.63) is 112 Å². The lowest BCUT2D eigenvalue weighted by atomic mass is 10.1. The van der Waals surface area contributed by atoms with Gasteiger partial charge in [0.05, 0.1) is 12.1 Å². The fourth-order valence-corrected chi connectivity index (χ4v) is 3.72. The predicted octanol–water partition coefficient (Wildman–Crippen LogP) is 4.26. The molecular formula is C25H20N4O2. The van der Waals surface area contributed by atoms with Crippen molar-refractivity contribution in [1.29, 1.82) is 0 Å². The molecule has 0 atom stereocenters. The topological polar surface area (TPSA) is 68.4 Å². The van der Waals surface area contributed by atoms with Gasteiger partial charge in [-0.3, -0.25) is 14.2 Å². The number of amides is 1. The number of carbonyl (C=O) groups excluding carboxylic acids is 1. The van der Waals surface area contributed by atoms with Gasteiger partial charge >= 0.3 is 0 Å². The smallest absolute Gasteiger partial charge is 0.276 e. The number of benzene rings is 2. The van der Waals surface area contributed by atoms with Crippen molar-refractivity contribution in [2.75, 3.05) is 5.32 Å². The van der Waals surface area contributed by atoms with Crippen LogP contribution in [0.2, 0.25) is 0 Å². The highest BCUT2D eigenvalue weighted by Gasteiger charge is 2.12. The summed E-state index contributed by atoms with van der Waals surface area (Å²) in [5.74, 6) is -0.172. The third kappa shape index (κ3) is 3.48. The number of pyridine rings is 1. The number of rotatable bonds is 4. The molecule has 5 rings (SSSR count). The summed E-state index contributed by atoms with van der Waals surface area (Å²) in [7, 11) is 0. The molecule has 0 fully saturated rings. The minimum Gasteiger partial charge on any atom is -0.322 e. The molecule has 152 valence electrons. The van der Waals surface area contributed by atoms with Crippen molar-refractivity contribution in [2.45, 2.75) is 13.5 Å². The van der Waals surface area contributed by atoms with Gasteiger partial charge in [0.15, 0.2) is 5.65 Å². The molecule has 0 aliphatic heterocycles. The Kier molecular flexibility index (Phi) is 4.59. The van der Waals surface area contributed by atoms with E-state index in [4.69, 9.17) is 0 Å². The Morgan fingerprint density at radius 1 is 0.935 bits per heavy atom. The van der Waals surface area contributed by atoms with E-state index in [-0.39, 0.29) is 11.5 Å². The van der Waals surface area contributed by atoms with Gasteiger partial charge in [-0.15, -0.1) is 0 Å². The number of nitrogens with zero attached hydrogens (tertiary/aromatic N) is 3. The van der Waals surface area contributed by atoms with Crippen molar-refractivity contribution in [3.63, 3.8) is 0 Å². The largest absolute Gasteiger partial charge is 0.322 e. The SMILES string of the molecule is Cc1ccc(NC(=O)c2ccc(Cn3c(=O)c4cccn4c4cccnc43)cc2)cc1. The van der Waals surface area contributed by atoms with Crippen LogP contribution in [0, 0.1) is 6.92 Å². The first kappa shape index (κ1) is 18.8. The van der Waals surface area contributed by atoms with Crippen LogP contribution in [0.15, 0.2) is 90.0 Å². The highest BCUT2D eigenvalue weighted by Crippen LogP contribution is 2.16. The van der Waals surface area contributed by atoms with Crippen LogP contribution in [0.3, 0.4) is 0 Å². The average Bonchev–Trinajstić information content (AvgIpc) is 3.29. The molecule has 2 aromatic carbocycles. The number of carbonyl (C=O) groups is 1. The summed E-state index contributed by atoms with van der Waals surface area (Å²) >= 11 is 0. The molecule has 0 unspecified atom stereocenters. The molecule has 0 saturated carbocycles. The Labute approximate surface area is 178 Å². The first-order valence-corrected chi connectivity index (χ1v) is 10.0. The average molecular weight is 408 g/mol. The first-order chi connectivity index (χ1) is 15.1. The zero-order valence-electron chi connectivity index (χ0n) is 16.9. The van der Waals surface area contributed by atoms with Crippen molar-refractivity contribution in [1.82, 2.24) is 14.0 Å². The second-order valence-corrected chi connectivity index (χ2v) is 7.52. The van der Waals surface area contributed by atoms with E-state index in [1.807, 2.05) is 78.2 Å². The Morgan fingerprint density at radius 3 is 2.45 bits per heavy atom. The summed E-state index contributed by atoms with van der Waals surface area (Å²) in [4.78, 5) is 30.0. The summed E-state index contributed by atoms with van der Waals surface area (Å²) in [5.41, 5.74) is 5.36. The van der Waals surface area contributed by atoms with E-state index >= 15 is 0 Å². The summed E-state index contributed by atoms with van der Waals surface area (Å²) in [5, 5.41) is 2.90. The van der Waals surface area contributed by atoms with Crippen LogP contribution in [0.25, 0.3) is 16.7 Å². The van der Waals surface area contributed by atoms with Crippen LogP contribution in [0.5, 0.6) is 0 Å². The lowest BCUT2D eigenvalue weighted by Crippen LogP contribution is -2.24. The molecule has 5 aromatic rings. The molecule has 0 aliphatic rings. The maximum Gasteiger partial charge on any atom is 0.276 e. The van der Waals surface area contributed by atoms with Gasteiger partial charge in [-0.05, 0) is 61.0 Å². The number of aryl methyl sites for hydroxylation is 1. The molecule has 6 nitrogen and oxygen atoms in total. The van der Waals surface area contributed by atoms with Gasteiger partial charge in [0.2, 0.25) is 0 Å². The van der Waals surface area contributed by atoms with E-state index < -0.39 is 0 Å². The number of anilines is 1. The molecule has 6 heteroatoms. The third-order valence-electron chi connectivity index (χ3n) is 5.36. The molecular weight excluding hydrogens is 388 g/mol. The Morgan fingerprint density at radius 2 is 1.68 bits per heavy atom. The maximum absolute atomic E-state index is 13.0. The fraction of sp³-hybridized carbons (Fsp3) is 0.0800. The second kappa shape index (κ2) is 7.57. The fourth-order valence-electron chi connectivity index (χ4n) is 3.72. The van der Waals surface area contributed by atoms with Gasteiger partial charge in [0.1, 0.15) is 5.52 Å². The standard InChI is InChI=1S/C25H20N4O2/c1-17-6-12-20(13-7-17)27-24(30)19-10-8-18(9-11-19)16-29-23-21(4-2-14-26-23)28-15-3-5-22(28)25(29)31/h2-15H,16H2,1H3,(H,27,30). The van der Waals surface area contributed by atoms with Gasteiger partial charge in [0, 0.05) is 23.6 Å². The molecule has 1 N–H and O–H groups in total. The quantitative estimate of drug-likeness (QED) is 0.483. The molecule has 0 aliphatic carbocycles. The van der Waals surface area contributed by atoms with Crippen LogP contribution < -0.4 is 10.9 Å². The van der Waals surface area contributed by atoms with Gasteiger partial charge in [-0.25, -0.2) is 4.98 Å². The number of hydrogen-bond acceptors (Lipinski definition) is 3. The minimum absolute atomic E-state index is 0.0996. The van der Waals surface area contributed by atoms with Crippen molar-refractivity contribution >= 4 is 28.3 Å². The van der Waals surface area contributed by atoms with Crippen molar-refractivity contribution in [3.8, 4) is 0 Å². The predicted molar refractivity (Wildman–Crippen MR) is 122 cm³/mol. The number of fused-ring (bicyclic) bond motifs is 3. The summed E-state index contributed by atoms with van der Waals surface area (Å²) in [6, 6.07) is 22.4. The Balaban J connectivity index is 1.44. The molecule has 3 aromatic heterocycles. The molecule has 1 amide bonds. The number of aromatic nitrogens is 3. The van der Waals surface area contributed by atoms with Gasteiger partial charge in [-0.2, -0.15) is 0 Å². The monoisotopic (exact) mass is 408 g/mol. The molecule has 0 saturated heterocycles. The van der Waals surface area contributed by atoms with Crippen molar-refractivity contribution in [2.24, 2.45) is 0 Å². The van der Waals surface area contributed by atoms with E-state index in [9.17, 15) is 9.59 Å². The van der Waals surface area contributed by atoms with Crippen LogP contribution in [-0.2, 0) is 6.54 Å². The van der Waals surface area contributed by atoms with Crippen LogP contribution in [0.1, 0.15) is 21.5 Å². The van der Waals surface area contributed by atoms with Gasteiger partial charge < -0.3 is 9.72 Å². The number of hydrogen-bond donors (Lipinski definition) is 1. The van der Waals surface area contributed by atoms with Crippen molar-refractivity contribution < 1.29 is 4.79 Å². The van der Waals surface area contributed by atoms with Crippen LogP contribution in [-0.4, -0.2) is 19.9 Å². The summed E-state index contributed by atoms with van der Waals surface area (Å²) < 4.78 is 3.53. The number of nitrogens with one attached hydrogen (secondary N) is 1. The van der Waals surface area contributed by atoms with Crippen LogP contribution >= 0.6 is 0 Å². The van der Waals surface area contributed by atoms with Gasteiger partial charge in [0.25, 0.3) is 11.5 Å². The van der Waals surface area contributed by atoms with Gasteiger partial charge in [-0.1, -0.05) is 29.8 Å². The first-order valence-electron chi connectivity index (χ1n) is 10.0. The molecule has 3 heterocycles. The highest BCUT2D eigenvalue weighted by atomic mass is 16.1. The zero-order chi connectivity index (χ0) is 21.4. The molecule has 0 bridgehead atoms. The van der Waals surface area contributed by atoms with E-state index in [0.29, 0.717) is 23.3 Å². The normalized spacial score (nSPS) is 11.1. The molecule has 0 radical (unpaired) electrons. The zero-order valence-corrected chi connectivity index (χ0v) is 16.9. The minimum atomic E-state index is -0.172. The van der Waals surface area contributed by atoms with E-state index in [0.717, 1.165) is 22.3 Å². The third-order valence-corrected chi connectivity index (χ3v) is 5.36. The maximum atomic E-state index is 13.0. The van der Waals surface area contributed by atoms with E-state index in [2.05, 4.69) is 10.3 Å². The Bertz CT molecular complexity index is 1460. The van der Waals surface area contributed by atoms with Crippen LogP contribution in [0.4, 0.5) is 5.69 Å². The second-order valence-electron chi connectivity index (χ2n) is 7.52. The van der Waals surface area contributed by atoms with E-state index in [1.54, 1.807) is 22.9 Å². The lowest BCUT2D eigenvalue weighted by Gasteiger charge is -2.12. The lowest BCUT2D eigenvalue weighted by molar-refractivity contribution is 0.102. The van der Waals surface area contributed by atoms with E-state index in [1.165, 1.54) is 0 Å². The molecule has 31 heavy (non-hydrogen) atoms.